The van der Waals surface area contributed by atoms with E-state index in [1.54, 1.807) is 0 Å². The fraction of sp³-hybridized carbons (Fsp3) is 0.429. The van der Waals surface area contributed by atoms with E-state index in [0.717, 1.165) is 24.7 Å². The highest BCUT2D eigenvalue weighted by atomic mass is 15.2. The minimum absolute atomic E-state index is 0.668. The molecular formula is C21H29N5. The maximum atomic E-state index is 4.69. The first-order valence-corrected chi connectivity index (χ1v) is 9.56. The maximum Gasteiger partial charge on any atom is 0.191 e. The molecule has 0 saturated carbocycles. The van der Waals surface area contributed by atoms with Crippen LogP contribution in [0.4, 0.5) is 0 Å². The molecule has 1 aromatic heterocycles. The highest BCUT2D eigenvalue weighted by molar-refractivity contribution is 5.79. The molecule has 26 heavy (non-hydrogen) atoms. The van der Waals surface area contributed by atoms with Gasteiger partial charge in [-0.15, -0.1) is 0 Å². The molecule has 0 radical (unpaired) electrons. The lowest BCUT2D eigenvalue weighted by atomic mass is 10.1. The summed E-state index contributed by atoms with van der Waals surface area (Å²) in [6, 6.07) is 14.8. The maximum absolute atomic E-state index is 4.69. The number of aromatic nitrogens is 1. The van der Waals surface area contributed by atoms with E-state index >= 15 is 0 Å². The van der Waals surface area contributed by atoms with Gasteiger partial charge in [-0.2, -0.15) is 0 Å². The average molecular weight is 351 g/mol. The highest BCUT2D eigenvalue weighted by Gasteiger charge is 2.11. The number of hydrogen-bond donors (Lipinski definition) is 2. The molecule has 1 saturated heterocycles. The molecule has 0 aliphatic carbocycles. The number of guanidine groups is 1. The van der Waals surface area contributed by atoms with Gasteiger partial charge in [-0.05, 0) is 56.1 Å². The van der Waals surface area contributed by atoms with Gasteiger partial charge < -0.3 is 10.6 Å². The molecule has 0 amide bonds. The Bertz CT molecular complexity index is 675. The zero-order chi connectivity index (χ0) is 18.0. The van der Waals surface area contributed by atoms with E-state index in [9.17, 15) is 0 Å². The summed E-state index contributed by atoms with van der Waals surface area (Å²) < 4.78 is 0. The number of aliphatic imine (C=N–C) groups is 1. The SMILES string of the molecule is CCNC(=NCc1ccc(CN2CCCC2)cc1)NCc1ccccn1. The van der Waals surface area contributed by atoms with Crippen molar-refractivity contribution in [3.8, 4) is 0 Å². The highest BCUT2D eigenvalue weighted by Crippen LogP contribution is 2.13. The van der Waals surface area contributed by atoms with Crippen LogP contribution < -0.4 is 10.6 Å². The molecule has 0 bridgehead atoms. The van der Waals surface area contributed by atoms with Crippen molar-refractivity contribution in [1.29, 1.82) is 0 Å². The topological polar surface area (TPSA) is 52.6 Å². The first kappa shape index (κ1) is 18.4. The summed E-state index contributed by atoms with van der Waals surface area (Å²) in [5, 5.41) is 6.62. The molecule has 5 heteroatoms. The molecule has 1 aliphatic rings. The molecule has 138 valence electrons. The Balaban J connectivity index is 1.52. The van der Waals surface area contributed by atoms with Crippen molar-refractivity contribution < 1.29 is 0 Å². The third kappa shape index (κ3) is 5.85. The monoisotopic (exact) mass is 351 g/mol. The van der Waals surface area contributed by atoms with Crippen LogP contribution >= 0.6 is 0 Å². The third-order valence-electron chi connectivity index (χ3n) is 4.55. The Morgan fingerprint density at radius 3 is 2.50 bits per heavy atom. The Morgan fingerprint density at radius 1 is 1.04 bits per heavy atom. The van der Waals surface area contributed by atoms with Crippen LogP contribution in [0.2, 0.25) is 0 Å². The number of likely N-dealkylation sites (tertiary alicyclic amines) is 1. The van der Waals surface area contributed by atoms with E-state index in [1.165, 1.54) is 37.1 Å². The summed E-state index contributed by atoms with van der Waals surface area (Å²) >= 11 is 0. The lowest BCUT2D eigenvalue weighted by Gasteiger charge is -2.14. The van der Waals surface area contributed by atoms with Crippen molar-refractivity contribution in [3.05, 3.63) is 65.5 Å². The molecule has 5 nitrogen and oxygen atoms in total. The molecule has 0 atom stereocenters. The molecule has 2 heterocycles. The average Bonchev–Trinajstić information content (AvgIpc) is 3.19. The van der Waals surface area contributed by atoms with E-state index in [4.69, 9.17) is 0 Å². The second kappa shape index (κ2) is 9.92. The molecule has 1 aliphatic heterocycles. The lowest BCUT2D eigenvalue weighted by molar-refractivity contribution is 0.331. The minimum Gasteiger partial charge on any atom is -0.357 e. The van der Waals surface area contributed by atoms with Gasteiger partial charge in [-0.1, -0.05) is 30.3 Å². The van der Waals surface area contributed by atoms with Crippen LogP contribution in [0.25, 0.3) is 0 Å². The zero-order valence-electron chi connectivity index (χ0n) is 15.6. The summed E-state index contributed by atoms with van der Waals surface area (Å²) in [7, 11) is 0. The first-order valence-electron chi connectivity index (χ1n) is 9.56. The number of nitrogens with zero attached hydrogens (tertiary/aromatic N) is 3. The predicted octanol–water partition coefficient (Wildman–Crippen LogP) is 2.93. The Labute approximate surface area is 156 Å². The minimum atomic E-state index is 0.668. The summed E-state index contributed by atoms with van der Waals surface area (Å²) in [4.78, 5) is 11.5. The molecule has 0 spiro atoms. The third-order valence-corrected chi connectivity index (χ3v) is 4.55. The van der Waals surface area contributed by atoms with Crippen LogP contribution in [0.5, 0.6) is 0 Å². The van der Waals surface area contributed by atoms with Crippen LogP contribution in [0.3, 0.4) is 0 Å². The summed E-state index contributed by atoms with van der Waals surface area (Å²) in [6.45, 7) is 7.79. The van der Waals surface area contributed by atoms with Crippen LogP contribution in [0, 0.1) is 0 Å². The van der Waals surface area contributed by atoms with Gasteiger partial charge >= 0.3 is 0 Å². The van der Waals surface area contributed by atoms with Crippen LogP contribution in [0.1, 0.15) is 36.6 Å². The fourth-order valence-electron chi connectivity index (χ4n) is 3.14. The zero-order valence-corrected chi connectivity index (χ0v) is 15.6. The quantitative estimate of drug-likeness (QED) is 0.595. The van der Waals surface area contributed by atoms with Gasteiger partial charge in [0.2, 0.25) is 0 Å². The number of pyridine rings is 1. The predicted molar refractivity (Wildman–Crippen MR) is 107 cm³/mol. The van der Waals surface area contributed by atoms with Crippen LogP contribution in [0.15, 0.2) is 53.7 Å². The second-order valence-corrected chi connectivity index (χ2v) is 6.67. The van der Waals surface area contributed by atoms with Gasteiger partial charge in [0.1, 0.15) is 0 Å². The van der Waals surface area contributed by atoms with Crippen molar-refractivity contribution in [2.75, 3.05) is 19.6 Å². The fourth-order valence-corrected chi connectivity index (χ4v) is 3.14. The Morgan fingerprint density at radius 2 is 1.81 bits per heavy atom. The van der Waals surface area contributed by atoms with Crippen LogP contribution in [-0.4, -0.2) is 35.5 Å². The number of nitrogens with one attached hydrogen (secondary N) is 2. The molecule has 0 unspecified atom stereocenters. The van der Waals surface area contributed by atoms with Crippen molar-refractivity contribution >= 4 is 5.96 Å². The van der Waals surface area contributed by atoms with E-state index in [-0.39, 0.29) is 0 Å². The number of benzene rings is 1. The second-order valence-electron chi connectivity index (χ2n) is 6.67. The molecule has 1 fully saturated rings. The summed E-state index contributed by atoms with van der Waals surface area (Å²) in [6.07, 6.45) is 4.49. The van der Waals surface area contributed by atoms with Gasteiger partial charge in [0.15, 0.2) is 5.96 Å². The van der Waals surface area contributed by atoms with Crippen molar-refractivity contribution in [1.82, 2.24) is 20.5 Å². The molecule has 1 aromatic carbocycles. The van der Waals surface area contributed by atoms with Crippen molar-refractivity contribution in [3.63, 3.8) is 0 Å². The van der Waals surface area contributed by atoms with Crippen molar-refractivity contribution in [2.45, 2.75) is 39.4 Å². The molecule has 2 N–H and O–H groups in total. The van der Waals surface area contributed by atoms with Gasteiger partial charge in [0.05, 0.1) is 18.8 Å². The van der Waals surface area contributed by atoms with E-state index in [2.05, 4.69) is 56.7 Å². The summed E-state index contributed by atoms with van der Waals surface area (Å²) in [5.74, 6) is 0.819. The normalized spacial score (nSPS) is 15.2. The number of hydrogen-bond acceptors (Lipinski definition) is 3. The van der Waals surface area contributed by atoms with Crippen molar-refractivity contribution in [2.24, 2.45) is 4.99 Å². The Hall–Kier alpha value is -2.40. The van der Waals surface area contributed by atoms with E-state index in [0.29, 0.717) is 13.1 Å². The molecule has 2 aromatic rings. The molecular weight excluding hydrogens is 322 g/mol. The van der Waals surface area contributed by atoms with Gasteiger partial charge in [0.25, 0.3) is 0 Å². The largest absolute Gasteiger partial charge is 0.357 e. The van der Waals surface area contributed by atoms with Gasteiger partial charge in [0, 0.05) is 19.3 Å². The smallest absolute Gasteiger partial charge is 0.191 e. The standard InChI is InChI=1S/C21H29N5/c1-2-22-21(25-16-20-7-3-4-12-23-20)24-15-18-8-10-19(11-9-18)17-26-13-5-6-14-26/h3-4,7-12H,2,5-6,13-17H2,1H3,(H2,22,24,25). The first-order chi connectivity index (χ1) is 12.8. The van der Waals surface area contributed by atoms with Gasteiger partial charge in [-0.25, -0.2) is 4.99 Å². The van der Waals surface area contributed by atoms with Gasteiger partial charge in [-0.3, -0.25) is 9.88 Å². The number of rotatable bonds is 7. The van der Waals surface area contributed by atoms with Crippen LogP contribution in [-0.2, 0) is 19.6 Å². The summed E-state index contributed by atoms with van der Waals surface area (Å²) in [5.41, 5.74) is 3.62. The molecule has 3 rings (SSSR count). The van der Waals surface area contributed by atoms with E-state index in [1.807, 2.05) is 24.4 Å². The Kier molecular flexibility index (Phi) is 7.02. The van der Waals surface area contributed by atoms with E-state index < -0.39 is 0 Å². The lowest BCUT2D eigenvalue weighted by Crippen LogP contribution is -2.37.